The van der Waals surface area contributed by atoms with Crippen LogP contribution in [0.4, 0.5) is 8.78 Å². The summed E-state index contributed by atoms with van der Waals surface area (Å²) in [7, 11) is 1.87. The van der Waals surface area contributed by atoms with Gasteiger partial charge in [0.1, 0.15) is 11.5 Å². The third-order valence-corrected chi connectivity index (χ3v) is 6.04. The highest BCUT2D eigenvalue weighted by Crippen LogP contribution is 2.39. The normalized spacial score (nSPS) is 17.9. The van der Waals surface area contributed by atoms with E-state index in [1.54, 1.807) is 4.68 Å². The number of carbonyl (C=O) groups is 1. The van der Waals surface area contributed by atoms with Crippen LogP contribution in [0.25, 0.3) is 5.69 Å². The number of halogens is 2. The van der Waals surface area contributed by atoms with Gasteiger partial charge in [-0.15, -0.1) is 0 Å². The zero-order chi connectivity index (χ0) is 22.4. The molecule has 0 N–H and O–H groups in total. The lowest BCUT2D eigenvalue weighted by Gasteiger charge is -2.39. The van der Waals surface area contributed by atoms with Gasteiger partial charge in [0.25, 0.3) is 5.91 Å². The second-order valence-electron chi connectivity index (χ2n) is 8.03. The zero-order valence-electron chi connectivity index (χ0n) is 17.6. The van der Waals surface area contributed by atoms with Gasteiger partial charge in [-0.3, -0.25) is 9.48 Å². The van der Waals surface area contributed by atoms with Gasteiger partial charge >= 0.3 is 0 Å². The van der Waals surface area contributed by atoms with Gasteiger partial charge in [0.15, 0.2) is 5.82 Å². The van der Waals surface area contributed by atoms with Crippen molar-refractivity contribution in [2.75, 3.05) is 6.54 Å². The molecule has 4 aromatic rings. The van der Waals surface area contributed by atoms with E-state index in [0.29, 0.717) is 12.1 Å². The van der Waals surface area contributed by atoms with Crippen molar-refractivity contribution in [3.63, 3.8) is 0 Å². The minimum atomic E-state index is -0.746. The quantitative estimate of drug-likeness (QED) is 0.486. The molecule has 0 radical (unpaired) electrons. The Morgan fingerprint density at radius 3 is 2.53 bits per heavy atom. The summed E-state index contributed by atoms with van der Waals surface area (Å²) < 4.78 is 30.4. The predicted octanol–water partition coefficient (Wildman–Crippen LogP) is 4.23. The molecular formula is C24H21F2N5O. The monoisotopic (exact) mass is 433 g/mol. The molecule has 1 amide bonds. The molecule has 2 atom stereocenters. The van der Waals surface area contributed by atoms with E-state index in [0.717, 1.165) is 23.3 Å². The number of hydrogen-bond donors (Lipinski definition) is 0. The van der Waals surface area contributed by atoms with E-state index in [9.17, 15) is 13.6 Å². The summed E-state index contributed by atoms with van der Waals surface area (Å²) in [5.41, 5.74) is 3.72. The molecule has 2 aromatic heterocycles. The third-order valence-electron chi connectivity index (χ3n) is 6.04. The van der Waals surface area contributed by atoms with E-state index >= 15 is 0 Å². The summed E-state index contributed by atoms with van der Waals surface area (Å²) in [6.45, 7) is 2.49. The number of rotatable bonds is 3. The van der Waals surface area contributed by atoms with Gasteiger partial charge < -0.3 is 4.90 Å². The highest BCUT2D eigenvalue weighted by Gasteiger charge is 2.35. The number of aromatic nitrogens is 4. The average Bonchev–Trinajstić information content (AvgIpc) is 3.43. The molecule has 0 spiro atoms. The van der Waals surface area contributed by atoms with Crippen molar-refractivity contribution in [3.8, 4) is 5.69 Å². The third kappa shape index (κ3) is 3.37. The predicted molar refractivity (Wildman–Crippen MR) is 114 cm³/mol. The Kier molecular flexibility index (Phi) is 4.84. The molecule has 1 aliphatic heterocycles. The molecule has 6 nitrogen and oxygen atoms in total. The van der Waals surface area contributed by atoms with Crippen LogP contribution >= 0.6 is 0 Å². The van der Waals surface area contributed by atoms with E-state index < -0.39 is 11.6 Å². The lowest BCUT2D eigenvalue weighted by Crippen LogP contribution is -2.41. The molecule has 2 unspecified atom stereocenters. The Morgan fingerprint density at radius 2 is 1.81 bits per heavy atom. The first-order valence-electron chi connectivity index (χ1n) is 10.3. The van der Waals surface area contributed by atoms with Gasteiger partial charge in [0.05, 0.1) is 24.0 Å². The van der Waals surface area contributed by atoms with Gasteiger partial charge in [-0.05, 0) is 35.7 Å². The molecule has 32 heavy (non-hydrogen) atoms. The van der Waals surface area contributed by atoms with Crippen LogP contribution in [0.5, 0.6) is 0 Å². The standard InChI is InChI=1S/C24H21F2N5O/c1-15-19-5-3-4-6-20(19)21(16-10-27-29(2)12-16)14-30(15)24(32)17-11-28-31(13-17)23-8-7-18(25)9-22(23)26/h3-13,15,21H,14H2,1-2H3. The van der Waals surface area contributed by atoms with Crippen LogP contribution in [0.15, 0.2) is 67.3 Å². The number of carbonyl (C=O) groups excluding carboxylic acids is 1. The van der Waals surface area contributed by atoms with Crippen molar-refractivity contribution in [1.29, 1.82) is 0 Å². The minimum absolute atomic E-state index is 0.00959. The number of fused-ring (bicyclic) bond motifs is 1. The van der Waals surface area contributed by atoms with Crippen LogP contribution < -0.4 is 0 Å². The molecular weight excluding hydrogens is 412 g/mol. The highest BCUT2D eigenvalue weighted by atomic mass is 19.1. The maximum atomic E-state index is 14.2. The topological polar surface area (TPSA) is 56.0 Å². The smallest absolute Gasteiger partial charge is 0.257 e. The second kappa shape index (κ2) is 7.71. The van der Waals surface area contributed by atoms with Crippen molar-refractivity contribution in [1.82, 2.24) is 24.5 Å². The second-order valence-corrected chi connectivity index (χ2v) is 8.03. The largest absolute Gasteiger partial charge is 0.331 e. The average molecular weight is 433 g/mol. The van der Waals surface area contributed by atoms with Gasteiger partial charge in [-0.2, -0.15) is 10.2 Å². The highest BCUT2D eigenvalue weighted by molar-refractivity contribution is 5.94. The summed E-state index contributed by atoms with van der Waals surface area (Å²) in [4.78, 5) is 15.3. The SMILES string of the molecule is CC1c2ccccc2C(c2cnn(C)c2)CN1C(=O)c1cnn(-c2ccc(F)cc2F)c1. The van der Waals surface area contributed by atoms with E-state index in [2.05, 4.69) is 16.3 Å². The maximum absolute atomic E-state index is 14.2. The van der Waals surface area contributed by atoms with Crippen molar-refractivity contribution in [2.45, 2.75) is 18.9 Å². The fourth-order valence-electron chi connectivity index (χ4n) is 4.39. The first-order chi connectivity index (χ1) is 15.4. The van der Waals surface area contributed by atoms with Crippen molar-refractivity contribution in [2.24, 2.45) is 7.05 Å². The van der Waals surface area contributed by atoms with Crippen LogP contribution in [0.2, 0.25) is 0 Å². The molecule has 2 aromatic carbocycles. The van der Waals surface area contributed by atoms with E-state index in [1.807, 2.05) is 49.5 Å². The lowest BCUT2D eigenvalue weighted by molar-refractivity contribution is 0.0665. The molecule has 0 aliphatic carbocycles. The number of hydrogen-bond acceptors (Lipinski definition) is 3. The minimum Gasteiger partial charge on any atom is -0.331 e. The summed E-state index contributed by atoms with van der Waals surface area (Å²) in [5.74, 6) is -1.62. The number of aryl methyl sites for hydroxylation is 1. The maximum Gasteiger partial charge on any atom is 0.257 e. The Bertz CT molecular complexity index is 1310. The zero-order valence-corrected chi connectivity index (χ0v) is 17.6. The number of amides is 1. The summed E-state index contributed by atoms with van der Waals surface area (Å²) >= 11 is 0. The number of benzene rings is 2. The molecule has 0 fully saturated rings. The molecule has 8 heteroatoms. The summed E-state index contributed by atoms with van der Waals surface area (Å²) in [5, 5.41) is 8.44. The van der Waals surface area contributed by atoms with Crippen LogP contribution in [0, 0.1) is 11.6 Å². The van der Waals surface area contributed by atoms with Gasteiger partial charge in [0, 0.05) is 38.0 Å². The first-order valence-corrected chi connectivity index (χ1v) is 10.3. The van der Waals surface area contributed by atoms with Crippen molar-refractivity contribution in [3.05, 3.63) is 101 Å². The Labute approximate surface area is 183 Å². The fraction of sp³-hybridized carbons (Fsp3) is 0.208. The molecule has 0 saturated heterocycles. The van der Waals surface area contributed by atoms with Gasteiger partial charge in [-0.1, -0.05) is 24.3 Å². The van der Waals surface area contributed by atoms with E-state index in [4.69, 9.17) is 0 Å². The summed E-state index contributed by atoms with van der Waals surface area (Å²) in [6.07, 6.45) is 6.69. The van der Waals surface area contributed by atoms with Gasteiger partial charge in [-0.25, -0.2) is 13.5 Å². The fourth-order valence-corrected chi connectivity index (χ4v) is 4.39. The van der Waals surface area contributed by atoms with E-state index in [-0.39, 0.29) is 23.6 Å². The molecule has 1 aliphatic rings. The van der Waals surface area contributed by atoms with Gasteiger partial charge in [0.2, 0.25) is 0 Å². The molecule has 0 bridgehead atoms. The molecule has 5 rings (SSSR count). The van der Waals surface area contributed by atoms with Crippen molar-refractivity contribution >= 4 is 5.91 Å². The lowest BCUT2D eigenvalue weighted by atomic mass is 9.82. The Hall–Kier alpha value is -3.81. The van der Waals surface area contributed by atoms with Crippen LogP contribution in [0.3, 0.4) is 0 Å². The van der Waals surface area contributed by atoms with Crippen LogP contribution in [-0.4, -0.2) is 36.9 Å². The van der Waals surface area contributed by atoms with Crippen LogP contribution in [-0.2, 0) is 7.05 Å². The number of nitrogens with zero attached hydrogens (tertiary/aromatic N) is 5. The van der Waals surface area contributed by atoms with Crippen molar-refractivity contribution < 1.29 is 13.6 Å². The molecule has 0 saturated carbocycles. The molecule has 3 heterocycles. The van der Waals surface area contributed by atoms with Crippen LogP contribution in [0.1, 0.15) is 45.9 Å². The Balaban J connectivity index is 1.49. The van der Waals surface area contributed by atoms with E-state index in [1.165, 1.54) is 28.7 Å². The summed E-state index contributed by atoms with van der Waals surface area (Å²) in [6, 6.07) is 11.2. The first kappa shape index (κ1) is 20.1. The Morgan fingerprint density at radius 1 is 1.03 bits per heavy atom. The molecule has 162 valence electrons.